The molecule has 8 aromatic carbocycles. The van der Waals surface area contributed by atoms with Gasteiger partial charge in [0.2, 0.25) is 5.95 Å². The van der Waals surface area contributed by atoms with E-state index in [1.54, 1.807) is 22.7 Å². The molecule has 0 atom stereocenters. The maximum absolute atomic E-state index is 6.50. The van der Waals surface area contributed by atoms with Crippen LogP contribution in [0.1, 0.15) is 0 Å². The first kappa shape index (κ1) is 33.0. The number of furan rings is 1. The highest BCUT2D eigenvalue weighted by atomic mass is 32.1. The van der Waals surface area contributed by atoms with Gasteiger partial charge in [-0.3, -0.25) is 4.90 Å². The maximum atomic E-state index is 6.50. The van der Waals surface area contributed by atoms with E-state index in [1.807, 2.05) is 29.5 Å². The quantitative estimate of drug-likeness (QED) is 0.173. The fourth-order valence-corrected chi connectivity index (χ4v) is 12.1. The number of thiophene rings is 3. The Balaban J connectivity index is 1.12. The Kier molecular flexibility index (Phi) is 7.15. The van der Waals surface area contributed by atoms with E-state index in [4.69, 9.17) is 19.4 Å². The van der Waals surface area contributed by atoms with Crippen LogP contribution < -0.4 is 4.90 Å². The molecule has 0 aliphatic rings. The van der Waals surface area contributed by atoms with Crippen LogP contribution >= 0.6 is 34.0 Å². The van der Waals surface area contributed by atoms with Crippen molar-refractivity contribution < 1.29 is 4.42 Å². The van der Waals surface area contributed by atoms with Crippen molar-refractivity contribution in [3.8, 4) is 22.8 Å². The summed E-state index contributed by atoms with van der Waals surface area (Å²) < 4.78 is 13.8. The molecule has 0 radical (unpaired) electrons. The van der Waals surface area contributed by atoms with Crippen LogP contribution in [0, 0.1) is 0 Å². The molecular formula is C51H28N4OS3. The zero-order valence-corrected chi connectivity index (χ0v) is 33.5. The van der Waals surface area contributed by atoms with Crippen molar-refractivity contribution in [2.75, 3.05) is 4.90 Å². The normalized spacial score (nSPS) is 12.1. The monoisotopic (exact) mass is 808 g/mol. The van der Waals surface area contributed by atoms with Crippen LogP contribution in [0.5, 0.6) is 0 Å². The minimum Gasteiger partial charge on any atom is -0.456 e. The van der Waals surface area contributed by atoms with Crippen LogP contribution in [0.3, 0.4) is 0 Å². The molecule has 5 nitrogen and oxygen atoms in total. The smallest absolute Gasteiger partial charge is 0.238 e. The number of fused-ring (bicyclic) bond motifs is 12. The molecule has 0 unspecified atom stereocenters. The van der Waals surface area contributed by atoms with Gasteiger partial charge in [0, 0.05) is 72.3 Å². The second-order valence-electron chi connectivity index (χ2n) is 14.7. The lowest BCUT2D eigenvalue weighted by Gasteiger charge is -2.25. The predicted octanol–water partition coefficient (Wildman–Crippen LogP) is 15.7. The topological polar surface area (TPSA) is 55.1 Å². The average molecular weight is 809 g/mol. The summed E-state index contributed by atoms with van der Waals surface area (Å²) in [6, 6.07) is 60.1. The molecule has 5 heterocycles. The molecule has 0 spiro atoms. The fourth-order valence-electron chi connectivity index (χ4n) is 8.65. The van der Waals surface area contributed by atoms with Crippen molar-refractivity contribution in [1.29, 1.82) is 0 Å². The Hall–Kier alpha value is -6.97. The molecule has 0 amide bonds. The number of anilines is 3. The summed E-state index contributed by atoms with van der Waals surface area (Å²) in [6.45, 7) is 0. The summed E-state index contributed by atoms with van der Waals surface area (Å²) >= 11 is 5.40. The Morgan fingerprint density at radius 1 is 0.373 bits per heavy atom. The van der Waals surface area contributed by atoms with Crippen molar-refractivity contribution in [2.45, 2.75) is 0 Å². The van der Waals surface area contributed by atoms with E-state index >= 15 is 0 Å². The molecule has 0 aliphatic carbocycles. The Morgan fingerprint density at radius 3 is 1.71 bits per heavy atom. The minimum absolute atomic E-state index is 0.527. The third-order valence-electron chi connectivity index (χ3n) is 11.3. The molecule has 13 rings (SSSR count). The van der Waals surface area contributed by atoms with Crippen LogP contribution in [-0.2, 0) is 0 Å². The van der Waals surface area contributed by atoms with Crippen molar-refractivity contribution in [3.63, 3.8) is 0 Å². The molecule has 0 saturated heterocycles. The van der Waals surface area contributed by atoms with Crippen LogP contribution in [-0.4, -0.2) is 15.0 Å². The van der Waals surface area contributed by atoms with Crippen molar-refractivity contribution in [1.82, 2.24) is 15.0 Å². The summed E-state index contributed by atoms with van der Waals surface area (Å²) in [4.78, 5) is 18.5. The average Bonchev–Trinajstić information content (AvgIpc) is 4.06. The molecule has 8 heteroatoms. The van der Waals surface area contributed by atoms with Crippen LogP contribution in [0.2, 0.25) is 0 Å². The lowest BCUT2D eigenvalue weighted by Crippen LogP contribution is -2.15. The molecule has 276 valence electrons. The highest BCUT2D eigenvalue weighted by Crippen LogP contribution is 2.48. The zero-order chi connectivity index (χ0) is 38.6. The number of aromatic nitrogens is 3. The number of hydrogen-bond donors (Lipinski definition) is 0. The summed E-state index contributed by atoms with van der Waals surface area (Å²) in [5, 5.41) is 9.37. The molecule has 5 aromatic heterocycles. The molecular weight excluding hydrogens is 781 g/mol. The Morgan fingerprint density at radius 2 is 0.915 bits per heavy atom. The summed E-state index contributed by atoms with van der Waals surface area (Å²) in [6.07, 6.45) is 0. The standard InChI is InChI=1S/C51H28N4OS3/c1-5-18-40-36(14-1)47-38(16-10-19-41(47)56-40)55(39-17-9-15-35-32-12-3-8-22-44(32)59-48(35)39)51-53-49(29-24-26-45-37(27-29)33-13-4-7-21-43(33)57-45)52-50(54-51)30-23-25-34-31-11-2-6-20-42(31)58-46(34)28-30/h1-28H. The first-order valence-corrected chi connectivity index (χ1v) is 21.9. The Bertz CT molecular complexity index is 3840. The van der Waals surface area contributed by atoms with E-state index in [0.29, 0.717) is 17.6 Å². The highest BCUT2D eigenvalue weighted by molar-refractivity contribution is 7.27. The molecule has 13 aromatic rings. The van der Waals surface area contributed by atoms with Crippen LogP contribution in [0.25, 0.3) is 105 Å². The minimum atomic E-state index is 0.527. The van der Waals surface area contributed by atoms with Crippen molar-refractivity contribution in [3.05, 3.63) is 170 Å². The van der Waals surface area contributed by atoms with E-state index in [9.17, 15) is 0 Å². The Labute approximate surface area is 348 Å². The number of benzene rings is 8. The van der Waals surface area contributed by atoms with E-state index in [1.165, 1.54) is 55.8 Å². The third kappa shape index (κ3) is 5.10. The summed E-state index contributed by atoms with van der Waals surface area (Å²) in [7, 11) is 0. The van der Waals surface area contributed by atoms with E-state index in [0.717, 1.165) is 49.1 Å². The summed E-state index contributed by atoms with van der Waals surface area (Å²) in [5.74, 6) is 1.74. The largest absolute Gasteiger partial charge is 0.456 e. The number of hydrogen-bond acceptors (Lipinski definition) is 8. The SMILES string of the molecule is c1ccc2c(c1)oc1cccc(N(c3nc(-c4ccc5c(c4)sc4ccccc45)nc(-c4ccc5sc6ccccc6c5c4)n3)c3cccc4c3sc3ccccc34)c12. The van der Waals surface area contributed by atoms with Crippen molar-refractivity contribution in [2.24, 2.45) is 0 Å². The van der Waals surface area contributed by atoms with Gasteiger partial charge in [-0.05, 0) is 66.7 Å². The van der Waals surface area contributed by atoms with E-state index in [2.05, 4.69) is 157 Å². The van der Waals surface area contributed by atoms with Gasteiger partial charge in [-0.25, -0.2) is 4.98 Å². The predicted molar refractivity (Wildman–Crippen MR) is 251 cm³/mol. The van der Waals surface area contributed by atoms with Crippen LogP contribution in [0.15, 0.2) is 174 Å². The van der Waals surface area contributed by atoms with Gasteiger partial charge in [-0.1, -0.05) is 103 Å². The maximum Gasteiger partial charge on any atom is 0.238 e. The second kappa shape index (κ2) is 12.8. The highest BCUT2D eigenvalue weighted by Gasteiger charge is 2.26. The lowest BCUT2D eigenvalue weighted by atomic mass is 10.1. The van der Waals surface area contributed by atoms with Gasteiger partial charge in [0.05, 0.1) is 21.5 Å². The third-order valence-corrected chi connectivity index (χ3v) is 14.8. The van der Waals surface area contributed by atoms with Gasteiger partial charge in [0.25, 0.3) is 0 Å². The zero-order valence-electron chi connectivity index (χ0n) is 31.1. The molecule has 0 fully saturated rings. The second-order valence-corrected chi connectivity index (χ2v) is 18.0. The van der Waals surface area contributed by atoms with Crippen LogP contribution in [0.4, 0.5) is 17.3 Å². The number of para-hydroxylation sites is 1. The van der Waals surface area contributed by atoms with E-state index < -0.39 is 0 Å². The first-order valence-electron chi connectivity index (χ1n) is 19.4. The fraction of sp³-hybridized carbons (Fsp3) is 0. The molecule has 0 aliphatic heterocycles. The molecule has 0 saturated carbocycles. The van der Waals surface area contributed by atoms with Gasteiger partial charge in [-0.2, -0.15) is 9.97 Å². The van der Waals surface area contributed by atoms with Gasteiger partial charge in [0.1, 0.15) is 11.2 Å². The molecule has 0 N–H and O–H groups in total. The van der Waals surface area contributed by atoms with E-state index in [-0.39, 0.29) is 0 Å². The van der Waals surface area contributed by atoms with Gasteiger partial charge in [-0.15, -0.1) is 34.0 Å². The summed E-state index contributed by atoms with van der Waals surface area (Å²) in [5.41, 5.74) is 5.42. The first-order chi connectivity index (χ1) is 29.2. The number of rotatable bonds is 5. The molecule has 0 bridgehead atoms. The molecule has 59 heavy (non-hydrogen) atoms. The van der Waals surface area contributed by atoms with Gasteiger partial charge >= 0.3 is 0 Å². The van der Waals surface area contributed by atoms with Gasteiger partial charge < -0.3 is 4.42 Å². The lowest BCUT2D eigenvalue weighted by molar-refractivity contribution is 0.669. The van der Waals surface area contributed by atoms with Crippen molar-refractivity contribution >= 4 is 134 Å². The number of nitrogens with zero attached hydrogens (tertiary/aromatic N) is 4. The van der Waals surface area contributed by atoms with Gasteiger partial charge in [0.15, 0.2) is 11.6 Å².